The first-order chi connectivity index (χ1) is 12.4. The number of nitrogens with one attached hydrogen (secondary N) is 1. The van der Waals surface area contributed by atoms with Crippen LogP contribution in [0.15, 0.2) is 11.6 Å². The van der Waals surface area contributed by atoms with Gasteiger partial charge in [0.1, 0.15) is 0 Å². The molecule has 4 heterocycles. The number of piperidine rings is 1. The standard InChI is InChI=1S/C20H30N4O2/c1-13(2)9-10-24-17-6-5-16(20(24)26)11-23(12-17)19(25)8-7-18-14(3)15(4)21-22-18/h9,16-17H,5-8,10-12H2,1-4H3,(H,21,22)/t16-,17+/m1/s1. The smallest absolute Gasteiger partial charge is 0.228 e. The van der Waals surface area contributed by atoms with Gasteiger partial charge in [0.2, 0.25) is 11.8 Å². The Morgan fingerprint density at radius 1 is 1.27 bits per heavy atom. The zero-order chi connectivity index (χ0) is 18.8. The summed E-state index contributed by atoms with van der Waals surface area (Å²) in [6, 6.07) is 0.148. The molecule has 0 aliphatic carbocycles. The van der Waals surface area contributed by atoms with Crippen LogP contribution in [0.4, 0.5) is 0 Å². The zero-order valence-corrected chi connectivity index (χ0v) is 16.3. The molecule has 0 radical (unpaired) electrons. The summed E-state index contributed by atoms with van der Waals surface area (Å²) in [7, 11) is 0. The van der Waals surface area contributed by atoms with Crippen LogP contribution in [0.3, 0.4) is 0 Å². The van der Waals surface area contributed by atoms with Crippen molar-refractivity contribution in [3.8, 4) is 0 Å². The highest BCUT2D eigenvalue weighted by Crippen LogP contribution is 2.29. The first-order valence-electron chi connectivity index (χ1n) is 9.59. The van der Waals surface area contributed by atoms with Gasteiger partial charge < -0.3 is 9.80 Å². The lowest BCUT2D eigenvalue weighted by molar-refractivity contribution is -0.139. The molecule has 0 unspecified atom stereocenters. The summed E-state index contributed by atoms with van der Waals surface area (Å²) in [6.45, 7) is 10.0. The van der Waals surface area contributed by atoms with Crippen LogP contribution in [0.2, 0.25) is 0 Å². The largest absolute Gasteiger partial charge is 0.340 e. The second-order valence-corrected chi connectivity index (χ2v) is 7.92. The van der Waals surface area contributed by atoms with Gasteiger partial charge in [0.15, 0.2) is 0 Å². The molecule has 142 valence electrons. The molecular formula is C20H30N4O2. The van der Waals surface area contributed by atoms with Crippen LogP contribution in [-0.2, 0) is 16.0 Å². The first-order valence-corrected chi connectivity index (χ1v) is 9.59. The van der Waals surface area contributed by atoms with E-state index < -0.39 is 0 Å². The molecule has 4 rings (SSSR count). The van der Waals surface area contributed by atoms with Crippen LogP contribution in [-0.4, -0.2) is 57.5 Å². The topological polar surface area (TPSA) is 69.3 Å². The summed E-state index contributed by atoms with van der Waals surface area (Å²) < 4.78 is 0. The molecule has 3 fully saturated rings. The van der Waals surface area contributed by atoms with Crippen LogP contribution >= 0.6 is 0 Å². The minimum atomic E-state index is -0.0439. The second kappa shape index (κ2) is 7.64. The van der Waals surface area contributed by atoms with E-state index in [4.69, 9.17) is 0 Å². The molecule has 3 aliphatic rings. The van der Waals surface area contributed by atoms with Crippen molar-refractivity contribution < 1.29 is 9.59 Å². The molecule has 1 N–H and O–H groups in total. The van der Waals surface area contributed by atoms with E-state index in [9.17, 15) is 9.59 Å². The molecule has 2 amide bonds. The summed E-state index contributed by atoms with van der Waals surface area (Å²) in [6.07, 6.45) is 5.10. The van der Waals surface area contributed by atoms with Crippen molar-refractivity contribution in [2.75, 3.05) is 19.6 Å². The minimum absolute atomic E-state index is 0.0439. The van der Waals surface area contributed by atoms with E-state index in [1.807, 2.05) is 23.6 Å². The van der Waals surface area contributed by atoms with Crippen LogP contribution < -0.4 is 0 Å². The number of aromatic nitrogens is 2. The third-order valence-electron chi connectivity index (χ3n) is 5.77. The molecule has 2 bridgehead atoms. The third kappa shape index (κ3) is 3.84. The molecule has 1 aromatic rings. The van der Waals surface area contributed by atoms with Gasteiger partial charge in [-0.25, -0.2) is 0 Å². The van der Waals surface area contributed by atoms with E-state index in [0.29, 0.717) is 32.5 Å². The molecule has 0 saturated carbocycles. The van der Waals surface area contributed by atoms with Gasteiger partial charge in [-0.3, -0.25) is 14.7 Å². The van der Waals surface area contributed by atoms with Gasteiger partial charge in [-0.05, 0) is 46.1 Å². The molecule has 26 heavy (non-hydrogen) atoms. The lowest BCUT2D eigenvalue weighted by Crippen LogP contribution is -2.48. The van der Waals surface area contributed by atoms with Crippen LogP contribution in [0, 0.1) is 19.8 Å². The summed E-state index contributed by atoms with van der Waals surface area (Å²) in [5.41, 5.74) is 4.38. The summed E-state index contributed by atoms with van der Waals surface area (Å²) in [5, 5.41) is 7.27. The number of H-pyrrole nitrogens is 1. The van der Waals surface area contributed by atoms with Gasteiger partial charge in [0, 0.05) is 44.2 Å². The lowest BCUT2D eigenvalue weighted by Gasteiger charge is -2.35. The number of carbonyl (C=O) groups excluding carboxylic acids is 2. The summed E-state index contributed by atoms with van der Waals surface area (Å²) in [5.74, 6) is 0.310. The van der Waals surface area contributed by atoms with Crippen molar-refractivity contribution in [3.05, 3.63) is 28.6 Å². The number of allylic oxidation sites excluding steroid dienone is 1. The average Bonchev–Trinajstić information content (AvgIpc) is 2.79. The number of hydrogen-bond donors (Lipinski definition) is 1. The van der Waals surface area contributed by atoms with Crippen LogP contribution in [0.25, 0.3) is 0 Å². The van der Waals surface area contributed by atoms with Gasteiger partial charge in [0.25, 0.3) is 0 Å². The number of aryl methyl sites for hydroxylation is 2. The van der Waals surface area contributed by atoms with Crippen LogP contribution in [0.5, 0.6) is 0 Å². The average molecular weight is 358 g/mol. The monoisotopic (exact) mass is 358 g/mol. The Balaban J connectivity index is 1.64. The Hall–Kier alpha value is -2.11. The van der Waals surface area contributed by atoms with Gasteiger partial charge >= 0.3 is 0 Å². The predicted octanol–water partition coefficient (Wildman–Crippen LogP) is 2.37. The fourth-order valence-corrected chi connectivity index (χ4v) is 3.93. The van der Waals surface area contributed by atoms with Gasteiger partial charge in [-0.1, -0.05) is 11.6 Å². The SMILES string of the molecule is CC(C)=CCN1C(=O)[C@@H]2CC[C@H]1CN(C(=O)CCc1n[nH]c(C)c1C)C2. The van der Waals surface area contributed by atoms with E-state index in [-0.39, 0.29) is 23.8 Å². The maximum absolute atomic E-state index is 12.8. The molecule has 2 atom stereocenters. The van der Waals surface area contributed by atoms with E-state index in [1.54, 1.807) is 0 Å². The predicted molar refractivity (Wildman–Crippen MR) is 101 cm³/mol. The van der Waals surface area contributed by atoms with Crippen molar-refractivity contribution in [3.63, 3.8) is 0 Å². The van der Waals surface area contributed by atoms with Crippen LogP contribution in [0.1, 0.15) is 50.1 Å². The summed E-state index contributed by atoms with van der Waals surface area (Å²) in [4.78, 5) is 29.4. The van der Waals surface area contributed by atoms with E-state index in [1.165, 1.54) is 5.57 Å². The Morgan fingerprint density at radius 3 is 2.69 bits per heavy atom. The normalized spacial score (nSPS) is 22.5. The number of hydrogen-bond acceptors (Lipinski definition) is 3. The molecular weight excluding hydrogens is 328 g/mol. The Kier molecular flexibility index (Phi) is 5.49. The van der Waals surface area contributed by atoms with Crippen molar-refractivity contribution in [1.82, 2.24) is 20.0 Å². The maximum Gasteiger partial charge on any atom is 0.228 e. The van der Waals surface area contributed by atoms with Gasteiger partial charge in [-0.2, -0.15) is 5.10 Å². The molecule has 6 heteroatoms. The van der Waals surface area contributed by atoms with E-state index in [2.05, 4.69) is 30.1 Å². The lowest BCUT2D eigenvalue weighted by atomic mass is 9.94. The number of amides is 2. The fourth-order valence-electron chi connectivity index (χ4n) is 3.93. The van der Waals surface area contributed by atoms with Gasteiger partial charge in [0.05, 0.1) is 11.6 Å². The highest BCUT2D eigenvalue weighted by atomic mass is 16.2. The number of nitrogens with zero attached hydrogens (tertiary/aromatic N) is 3. The molecule has 0 aromatic carbocycles. The second-order valence-electron chi connectivity index (χ2n) is 7.92. The third-order valence-corrected chi connectivity index (χ3v) is 5.77. The molecule has 1 aromatic heterocycles. The highest BCUT2D eigenvalue weighted by Gasteiger charge is 2.41. The Labute approximate surface area is 155 Å². The zero-order valence-electron chi connectivity index (χ0n) is 16.3. The quantitative estimate of drug-likeness (QED) is 0.822. The minimum Gasteiger partial charge on any atom is -0.340 e. The van der Waals surface area contributed by atoms with Crippen molar-refractivity contribution in [1.29, 1.82) is 0 Å². The highest BCUT2D eigenvalue weighted by molar-refractivity contribution is 5.83. The molecule has 3 saturated heterocycles. The number of fused-ring (bicyclic) bond motifs is 4. The van der Waals surface area contributed by atoms with Crippen molar-refractivity contribution in [2.45, 2.75) is 59.4 Å². The first kappa shape index (κ1) is 18.7. The molecule has 6 nitrogen and oxygen atoms in total. The van der Waals surface area contributed by atoms with Crippen molar-refractivity contribution >= 4 is 11.8 Å². The van der Waals surface area contributed by atoms with E-state index in [0.717, 1.165) is 29.8 Å². The van der Waals surface area contributed by atoms with E-state index >= 15 is 0 Å². The summed E-state index contributed by atoms with van der Waals surface area (Å²) >= 11 is 0. The molecule has 3 aliphatic heterocycles. The van der Waals surface area contributed by atoms with Gasteiger partial charge in [-0.15, -0.1) is 0 Å². The maximum atomic E-state index is 12.8. The number of carbonyl (C=O) groups is 2. The molecule has 0 spiro atoms. The number of aromatic amines is 1. The van der Waals surface area contributed by atoms with Crippen molar-refractivity contribution in [2.24, 2.45) is 5.92 Å². The number of rotatable bonds is 5. The Morgan fingerprint density at radius 2 is 2.04 bits per heavy atom. The fraction of sp³-hybridized carbons (Fsp3) is 0.650. The Bertz CT molecular complexity index is 717.